The first-order valence-corrected chi connectivity index (χ1v) is 10.4. The summed E-state index contributed by atoms with van der Waals surface area (Å²) in [6.45, 7) is 3.03. The number of piperidine rings is 1. The molecular weight excluding hydrogens is 334 g/mol. The van der Waals surface area contributed by atoms with E-state index in [1.807, 2.05) is 28.7 Å². The van der Waals surface area contributed by atoms with Crippen LogP contribution in [-0.2, 0) is 10.0 Å². The molecule has 0 unspecified atom stereocenters. The minimum atomic E-state index is -3.21. The predicted octanol–water partition coefficient (Wildman–Crippen LogP) is 2.37. The molecule has 7 heteroatoms. The molecule has 2 aliphatic rings. The highest BCUT2D eigenvalue weighted by atomic mass is 35.5. The molecule has 1 aliphatic heterocycles. The Morgan fingerprint density at radius 2 is 1.87 bits per heavy atom. The Labute approximate surface area is 143 Å². The lowest BCUT2D eigenvalue weighted by molar-refractivity contribution is 0.275. The Bertz CT molecular complexity index is 627. The molecule has 0 radical (unpaired) electrons. The van der Waals surface area contributed by atoms with E-state index in [4.69, 9.17) is 11.8 Å². The molecule has 1 heterocycles. The van der Waals surface area contributed by atoms with Crippen LogP contribution in [-0.4, -0.2) is 44.8 Å². The number of benzene rings is 1. The van der Waals surface area contributed by atoms with Gasteiger partial charge < -0.3 is 5.32 Å². The van der Waals surface area contributed by atoms with Crippen molar-refractivity contribution >= 4 is 27.5 Å². The van der Waals surface area contributed by atoms with Gasteiger partial charge in [0.2, 0.25) is 10.0 Å². The lowest BCUT2D eigenvalue weighted by Gasteiger charge is -2.27. The molecule has 23 heavy (non-hydrogen) atoms. The number of sulfonamides is 1. The third kappa shape index (κ3) is 5.08. The van der Waals surface area contributed by atoms with E-state index < -0.39 is 10.0 Å². The maximum Gasteiger partial charge on any atom is 0.229 e. The van der Waals surface area contributed by atoms with E-state index in [9.17, 15) is 8.42 Å². The second-order valence-electron chi connectivity index (χ2n) is 6.71. The van der Waals surface area contributed by atoms with Crippen molar-refractivity contribution in [3.63, 3.8) is 0 Å². The first kappa shape index (κ1) is 17.0. The van der Waals surface area contributed by atoms with Crippen LogP contribution in [0.1, 0.15) is 30.7 Å². The quantitative estimate of drug-likeness (QED) is 0.767. The van der Waals surface area contributed by atoms with Crippen molar-refractivity contribution in [1.29, 1.82) is 0 Å². The van der Waals surface area contributed by atoms with Crippen LogP contribution in [0, 0.1) is 5.92 Å². The van der Waals surface area contributed by atoms with Crippen molar-refractivity contribution in [2.24, 2.45) is 5.92 Å². The number of nitrogens with one attached hydrogen (secondary N) is 2. The summed E-state index contributed by atoms with van der Waals surface area (Å²) < 4.78 is 26.8. The molecule has 2 atom stereocenters. The molecule has 0 spiro atoms. The van der Waals surface area contributed by atoms with E-state index in [1.165, 1.54) is 18.4 Å². The van der Waals surface area contributed by atoms with Crippen molar-refractivity contribution in [2.45, 2.75) is 31.2 Å². The lowest BCUT2D eigenvalue weighted by atomic mass is 9.98. The minimum absolute atomic E-state index is 0.551. The van der Waals surface area contributed by atoms with Crippen LogP contribution in [0.5, 0.6) is 0 Å². The van der Waals surface area contributed by atoms with Gasteiger partial charge in [-0.2, -0.15) is 0 Å². The third-order valence-electron chi connectivity index (χ3n) is 4.66. The maximum absolute atomic E-state index is 11.2. The molecule has 5 nitrogen and oxygen atoms in total. The van der Waals surface area contributed by atoms with Gasteiger partial charge >= 0.3 is 0 Å². The fourth-order valence-electron chi connectivity index (χ4n) is 3.23. The van der Waals surface area contributed by atoms with Crippen molar-refractivity contribution in [2.75, 3.05) is 30.6 Å². The van der Waals surface area contributed by atoms with Gasteiger partial charge in [-0.1, -0.05) is 12.1 Å². The molecule has 1 saturated heterocycles. The minimum Gasteiger partial charge on any atom is -0.313 e. The zero-order valence-corrected chi connectivity index (χ0v) is 14.9. The Hall–Kier alpha value is -0.820. The lowest BCUT2D eigenvalue weighted by Crippen LogP contribution is -2.33. The second kappa shape index (κ2) is 6.97. The van der Waals surface area contributed by atoms with E-state index in [2.05, 4.69) is 10.0 Å². The number of rotatable bonds is 6. The van der Waals surface area contributed by atoms with Gasteiger partial charge in [0.15, 0.2) is 0 Å². The Kier molecular flexibility index (Phi) is 5.16. The van der Waals surface area contributed by atoms with E-state index in [-0.39, 0.29) is 0 Å². The van der Waals surface area contributed by atoms with Crippen LogP contribution in [0.4, 0.5) is 5.69 Å². The van der Waals surface area contributed by atoms with Crippen molar-refractivity contribution in [3.8, 4) is 0 Å². The predicted molar refractivity (Wildman–Crippen MR) is 94.2 cm³/mol. The summed E-state index contributed by atoms with van der Waals surface area (Å²) in [5.41, 5.74) is 1.89. The van der Waals surface area contributed by atoms with Crippen LogP contribution in [0.3, 0.4) is 0 Å². The van der Waals surface area contributed by atoms with E-state index in [0.29, 0.717) is 17.6 Å². The highest BCUT2D eigenvalue weighted by Gasteiger charge is 2.38. The second-order valence-corrected chi connectivity index (χ2v) is 8.93. The Morgan fingerprint density at radius 1 is 1.22 bits per heavy atom. The number of nitrogens with zero attached hydrogens (tertiary/aromatic N) is 1. The molecule has 1 aromatic rings. The van der Waals surface area contributed by atoms with Gasteiger partial charge in [-0.15, -0.1) is 0 Å². The monoisotopic (exact) mass is 357 g/mol. The number of halogens is 1. The maximum atomic E-state index is 11.2. The first-order valence-electron chi connectivity index (χ1n) is 8.12. The van der Waals surface area contributed by atoms with Gasteiger partial charge in [-0.05, 0) is 61.2 Å². The molecule has 0 amide bonds. The topological polar surface area (TPSA) is 61.4 Å². The molecule has 128 valence electrons. The third-order valence-corrected chi connectivity index (χ3v) is 5.61. The van der Waals surface area contributed by atoms with Crippen LogP contribution < -0.4 is 10.0 Å². The number of anilines is 1. The first-order chi connectivity index (χ1) is 10.9. The highest BCUT2D eigenvalue weighted by molar-refractivity contribution is 7.92. The van der Waals surface area contributed by atoms with Gasteiger partial charge in [0.1, 0.15) is 0 Å². The van der Waals surface area contributed by atoms with Crippen LogP contribution >= 0.6 is 11.8 Å². The summed E-state index contributed by atoms with van der Waals surface area (Å²) in [5, 5.41) is 3.67. The van der Waals surface area contributed by atoms with E-state index in [1.54, 1.807) is 0 Å². The van der Waals surface area contributed by atoms with Crippen LogP contribution in [0.2, 0.25) is 0 Å². The SMILES string of the molecule is CS(=O)(=O)Nc1ccc([C@@H]2C[C@H]2NCC2CCN(Cl)CC2)cc1. The smallest absolute Gasteiger partial charge is 0.229 e. The molecule has 2 fully saturated rings. The fraction of sp³-hybridized carbons (Fsp3) is 0.625. The average molecular weight is 358 g/mol. The van der Waals surface area contributed by atoms with Gasteiger partial charge in [0.25, 0.3) is 0 Å². The van der Waals surface area contributed by atoms with E-state index >= 15 is 0 Å². The van der Waals surface area contributed by atoms with Crippen molar-refractivity contribution in [1.82, 2.24) is 9.74 Å². The van der Waals surface area contributed by atoms with Gasteiger partial charge in [0, 0.05) is 30.7 Å². The Morgan fingerprint density at radius 3 is 2.48 bits per heavy atom. The molecule has 0 bridgehead atoms. The van der Waals surface area contributed by atoms with Crippen LogP contribution in [0.25, 0.3) is 0 Å². The summed E-state index contributed by atoms with van der Waals surface area (Å²) in [5.74, 6) is 1.28. The van der Waals surface area contributed by atoms with Crippen LogP contribution in [0.15, 0.2) is 24.3 Å². The summed E-state index contributed by atoms with van der Waals surface area (Å²) >= 11 is 5.98. The largest absolute Gasteiger partial charge is 0.313 e. The molecule has 3 rings (SSSR count). The van der Waals surface area contributed by atoms with Gasteiger partial charge in [-0.3, -0.25) is 4.72 Å². The zero-order valence-electron chi connectivity index (χ0n) is 13.3. The molecule has 1 aliphatic carbocycles. The number of hydrogen-bond donors (Lipinski definition) is 2. The van der Waals surface area contributed by atoms with Gasteiger partial charge in [0.05, 0.1) is 6.26 Å². The van der Waals surface area contributed by atoms with Gasteiger partial charge in [-0.25, -0.2) is 12.8 Å². The molecule has 1 saturated carbocycles. The normalized spacial score (nSPS) is 26.2. The zero-order chi connectivity index (χ0) is 16.4. The summed E-state index contributed by atoms with van der Waals surface area (Å²) in [7, 11) is -3.21. The van der Waals surface area contributed by atoms with E-state index in [0.717, 1.165) is 38.2 Å². The summed E-state index contributed by atoms with van der Waals surface area (Å²) in [6, 6.07) is 8.26. The molecular formula is C16H24ClN3O2S. The molecule has 0 aromatic heterocycles. The van der Waals surface area contributed by atoms with Crippen molar-refractivity contribution < 1.29 is 8.42 Å². The molecule has 2 N–H and O–H groups in total. The summed E-state index contributed by atoms with van der Waals surface area (Å²) in [4.78, 5) is 0. The summed E-state index contributed by atoms with van der Waals surface area (Å²) in [6.07, 6.45) is 4.66. The molecule has 1 aromatic carbocycles. The average Bonchev–Trinajstić information content (AvgIpc) is 3.25. The standard InChI is InChI=1S/C16H24ClN3O2S/c1-23(21,22)19-14-4-2-13(3-5-14)15-10-16(15)18-11-12-6-8-20(17)9-7-12/h2-5,12,15-16,18-19H,6-11H2,1H3/t15-,16+/m0/s1. The fourth-order valence-corrected chi connectivity index (χ4v) is 3.98. The van der Waals surface area contributed by atoms with Crippen molar-refractivity contribution in [3.05, 3.63) is 29.8 Å². The Balaban J connectivity index is 1.45. The highest BCUT2D eigenvalue weighted by Crippen LogP contribution is 2.41. The number of hydrogen-bond acceptors (Lipinski definition) is 4.